The van der Waals surface area contributed by atoms with E-state index in [1.54, 1.807) is 0 Å². The van der Waals surface area contributed by atoms with Crippen LogP contribution in [0.5, 0.6) is 0 Å². The van der Waals surface area contributed by atoms with Crippen LogP contribution in [0.1, 0.15) is 12.2 Å². The van der Waals surface area contributed by atoms with Crippen molar-refractivity contribution >= 4 is 0 Å². The average molecular weight is 196 g/mol. The molecule has 0 amide bonds. The predicted molar refractivity (Wildman–Crippen MR) is 51.6 cm³/mol. The van der Waals surface area contributed by atoms with E-state index in [0.717, 1.165) is 38.4 Å². The summed E-state index contributed by atoms with van der Waals surface area (Å²) in [6.07, 6.45) is 3.47. The van der Waals surface area contributed by atoms with Gasteiger partial charge in [-0.3, -0.25) is 0 Å². The molecule has 0 saturated carbocycles. The number of hydrogen-bond donors (Lipinski definition) is 1. The molecule has 1 aromatic heterocycles. The second kappa shape index (κ2) is 4.52. The van der Waals surface area contributed by atoms with Gasteiger partial charge in [-0.1, -0.05) is 5.16 Å². The van der Waals surface area contributed by atoms with E-state index in [1.165, 1.54) is 12.8 Å². The summed E-state index contributed by atoms with van der Waals surface area (Å²) >= 11 is 0. The van der Waals surface area contributed by atoms with Crippen LogP contribution in [-0.2, 0) is 6.42 Å². The van der Waals surface area contributed by atoms with Gasteiger partial charge in [0.15, 0.2) is 5.82 Å². The van der Waals surface area contributed by atoms with Gasteiger partial charge in [0.05, 0.1) is 0 Å². The van der Waals surface area contributed by atoms with Gasteiger partial charge in [0.1, 0.15) is 0 Å². The van der Waals surface area contributed by atoms with Crippen LogP contribution in [0, 0.1) is 5.92 Å². The van der Waals surface area contributed by atoms with Crippen molar-refractivity contribution < 1.29 is 4.52 Å². The molecule has 2 rings (SSSR count). The van der Waals surface area contributed by atoms with Crippen LogP contribution < -0.4 is 5.73 Å². The average Bonchev–Trinajstić information content (AvgIpc) is 2.86. The van der Waals surface area contributed by atoms with Crippen LogP contribution in [-0.4, -0.2) is 41.2 Å². The first-order valence-electron chi connectivity index (χ1n) is 5.06. The third-order valence-corrected chi connectivity index (χ3v) is 2.76. The molecule has 5 heteroatoms. The molecule has 1 aliphatic rings. The third-order valence-electron chi connectivity index (χ3n) is 2.76. The Morgan fingerprint density at radius 1 is 1.64 bits per heavy atom. The highest BCUT2D eigenvalue weighted by molar-refractivity contribution is 4.82. The standard InChI is InChI=1S/C9H16N4O/c10-5-8-1-3-13(6-8)4-2-9-11-7-14-12-9/h7-8H,1-6,10H2. The van der Waals surface area contributed by atoms with E-state index in [0.29, 0.717) is 5.92 Å². The van der Waals surface area contributed by atoms with E-state index in [2.05, 4.69) is 19.6 Å². The van der Waals surface area contributed by atoms with Crippen LogP contribution in [0.2, 0.25) is 0 Å². The van der Waals surface area contributed by atoms with E-state index in [-0.39, 0.29) is 0 Å². The Balaban J connectivity index is 1.72. The van der Waals surface area contributed by atoms with Gasteiger partial charge in [0.25, 0.3) is 0 Å². The van der Waals surface area contributed by atoms with Gasteiger partial charge in [-0.15, -0.1) is 0 Å². The summed E-state index contributed by atoms with van der Waals surface area (Å²) in [5.74, 6) is 1.47. The van der Waals surface area contributed by atoms with Gasteiger partial charge < -0.3 is 15.2 Å². The maximum atomic E-state index is 5.62. The lowest BCUT2D eigenvalue weighted by atomic mass is 10.1. The monoisotopic (exact) mass is 196 g/mol. The minimum Gasteiger partial charge on any atom is -0.343 e. The minimum atomic E-state index is 0.681. The molecule has 0 aromatic carbocycles. The second-order valence-electron chi connectivity index (χ2n) is 3.79. The molecule has 5 nitrogen and oxygen atoms in total. The Hall–Kier alpha value is -0.940. The Morgan fingerprint density at radius 3 is 3.21 bits per heavy atom. The van der Waals surface area contributed by atoms with Gasteiger partial charge >= 0.3 is 0 Å². The zero-order valence-corrected chi connectivity index (χ0v) is 8.22. The third kappa shape index (κ3) is 2.30. The van der Waals surface area contributed by atoms with E-state index >= 15 is 0 Å². The molecule has 1 aromatic rings. The first-order chi connectivity index (χ1) is 6.88. The number of hydrogen-bond acceptors (Lipinski definition) is 5. The molecular formula is C9H16N4O. The summed E-state index contributed by atoms with van der Waals surface area (Å²) in [4.78, 5) is 6.40. The van der Waals surface area contributed by atoms with Gasteiger partial charge in [0.2, 0.25) is 6.39 Å². The zero-order valence-electron chi connectivity index (χ0n) is 8.22. The normalized spacial score (nSPS) is 23.1. The Bertz CT molecular complexity index is 262. The summed E-state index contributed by atoms with van der Waals surface area (Å²) in [6, 6.07) is 0. The number of nitrogens with two attached hydrogens (primary N) is 1. The molecule has 1 saturated heterocycles. The van der Waals surface area contributed by atoms with E-state index in [1.807, 2.05) is 0 Å². The van der Waals surface area contributed by atoms with E-state index < -0.39 is 0 Å². The Labute approximate surface area is 83.3 Å². The molecule has 1 unspecified atom stereocenters. The summed E-state index contributed by atoms with van der Waals surface area (Å²) < 4.78 is 4.67. The number of nitrogens with zero attached hydrogens (tertiary/aromatic N) is 3. The molecule has 0 radical (unpaired) electrons. The molecular weight excluding hydrogens is 180 g/mol. The summed E-state index contributed by atoms with van der Waals surface area (Å²) in [5.41, 5.74) is 5.62. The van der Waals surface area contributed by atoms with Gasteiger partial charge in [0, 0.05) is 19.5 Å². The van der Waals surface area contributed by atoms with Crippen LogP contribution >= 0.6 is 0 Å². The lowest BCUT2D eigenvalue weighted by Gasteiger charge is -2.13. The smallest absolute Gasteiger partial charge is 0.213 e. The molecule has 2 heterocycles. The number of likely N-dealkylation sites (tertiary alicyclic amines) is 1. The van der Waals surface area contributed by atoms with Crippen LogP contribution in [0.25, 0.3) is 0 Å². The first-order valence-corrected chi connectivity index (χ1v) is 5.06. The highest BCUT2D eigenvalue weighted by atomic mass is 16.5. The van der Waals surface area contributed by atoms with Crippen molar-refractivity contribution in [1.82, 2.24) is 15.0 Å². The Morgan fingerprint density at radius 2 is 2.57 bits per heavy atom. The predicted octanol–water partition coefficient (Wildman–Crippen LogP) is -0.107. The summed E-state index contributed by atoms with van der Waals surface area (Å²) in [7, 11) is 0. The quantitative estimate of drug-likeness (QED) is 0.728. The van der Waals surface area contributed by atoms with Crippen molar-refractivity contribution in [3.05, 3.63) is 12.2 Å². The first kappa shape index (κ1) is 9.61. The van der Waals surface area contributed by atoms with Crippen LogP contribution in [0.4, 0.5) is 0 Å². The molecule has 14 heavy (non-hydrogen) atoms. The molecule has 78 valence electrons. The minimum absolute atomic E-state index is 0.681. The Kier molecular flexibility index (Phi) is 3.10. The van der Waals surface area contributed by atoms with E-state index in [4.69, 9.17) is 5.73 Å². The number of rotatable bonds is 4. The molecule has 0 spiro atoms. The fraction of sp³-hybridized carbons (Fsp3) is 0.778. The molecule has 1 fully saturated rings. The lowest BCUT2D eigenvalue weighted by molar-refractivity contribution is 0.323. The molecule has 2 N–H and O–H groups in total. The van der Waals surface area contributed by atoms with E-state index in [9.17, 15) is 0 Å². The topological polar surface area (TPSA) is 68.2 Å². The van der Waals surface area contributed by atoms with Gasteiger partial charge in [-0.2, -0.15) is 4.98 Å². The molecule has 1 aliphatic heterocycles. The molecule has 0 aliphatic carbocycles. The summed E-state index contributed by atoms with van der Waals surface area (Å²) in [5, 5.41) is 3.78. The van der Waals surface area contributed by atoms with Gasteiger partial charge in [-0.25, -0.2) is 0 Å². The lowest BCUT2D eigenvalue weighted by Crippen LogP contribution is -2.25. The highest BCUT2D eigenvalue weighted by Crippen LogP contribution is 2.14. The molecule has 0 bridgehead atoms. The fourth-order valence-electron chi connectivity index (χ4n) is 1.87. The van der Waals surface area contributed by atoms with Crippen LogP contribution in [0.15, 0.2) is 10.9 Å². The zero-order chi connectivity index (χ0) is 9.80. The number of aromatic nitrogens is 2. The van der Waals surface area contributed by atoms with Crippen LogP contribution in [0.3, 0.4) is 0 Å². The summed E-state index contributed by atoms with van der Waals surface area (Å²) in [6.45, 7) is 4.09. The largest absolute Gasteiger partial charge is 0.343 e. The SMILES string of the molecule is NCC1CCN(CCc2ncon2)C1. The fourth-order valence-corrected chi connectivity index (χ4v) is 1.87. The molecule has 1 atom stereocenters. The van der Waals surface area contributed by atoms with Crippen molar-refractivity contribution in [3.63, 3.8) is 0 Å². The van der Waals surface area contributed by atoms with Crippen molar-refractivity contribution in [2.45, 2.75) is 12.8 Å². The van der Waals surface area contributed by atoms with Crippen molar-refractivity contribution in [2.75, 3.05) is 26.2 Å². The van der Waals surface area contributed by atoms with Gasteiger partial charge in [-0.05, 0) is 25.4 Å². The van der Waals surface area contributed by atoms with Crippen molar-refractivity contribution in [1.29, 1.82) is 0 Å². The second-order valence-corrected chi connectivity index (χ2v) is 3.79. The van der Waals surface area contributed by atoms with Crippen molar-refractivity contribution in [3.8, 4) is 0 Å². The highest BCUT2D eigenvalue weighted by Gasteiger charge is 2.20. The maximum Gasteiger partial charge on any atom is 0.213 e. The maximum absolute atomic E-state index is 5.62. The van der Waals surface area contributed by atoms with Crippen molar-refractivity contribution in [2.24, 2.45) is 11.7 Å².